The monoisotopic (exact) mass is 307 g/mol. The average molecular weight is 308 g/mol. The highest BCUT2D eigenvalue weighted by Gasteiger charge is 2.05. The van der Waals surface area contributed by atoms with E-state index in [-0.39, 0.29) is 24.7 Å². The number of hydrogen-bond acceptors (Lipinski definition) is 2. The van der Waals surface area contributed by atoms with Gasteiger partial charge in [-0.3, -0.25) is 4.79 Å². The van der Waals surface area contributed by atoms with Crippen LogP contribution >= 0.6 is 11.6 Å². The second kappa shape index (κ2) is 7.64. The van der Waals surface area contributed by atoms with Gasteiger partial charge in [-0.25, -0.2) is 4.39 Å². The molecule has 2 aromatic rings. The Bertz CT molecular complexity index is 601. The van der Waals surface area contributed by atoms with Crippen LogP contribution < -0.4 is 10.1 Å². The van der Waals surface area contributed by atoms with Gasteiger partial charge in [-0.15, -0.1) is 0 Å². The number of ether oxygens (including phenoxy) is 1. The lowest BCUT2D eigenvalue weighted by atomic mass is 10.2. The van der Waals surface area contributed by atoms with Crippen LogP contribution in [0.4, 0.5) is 4.39 Å². The van der Waals surface area contributed by atoms with Crippen LogP contribution in [0.1, 0.15) is 12.0 Å². The molecule has 0 heterocycles. The van der Waals surface area contributed by atoms with Crippen LogP contribution in [-0.4, -0.2) is 12.5 Å². The van der Waals surface area contributed by atoms with Crippen LogP contribution in [0, 0.1) is 5.82 Å². The highest BCUT2D eigenvalue weighted by Crippen LogP contribution is 2.15. The number of benzene rings is 2. The van der Waals surface area contributed by atoms with Crippen LogP contribution in [0.5, 0.6) is 5.75 Å². The molecule has 0 spiro atoms. The number of hydrogen-bond donors (Lipinski definition) is 1. The molecule has 0 aromatic heterocycles. The summed E-state index contributed by atoms with van der Waals surface area (Å²) in [5, 5.41) is 3.42. The largest absolute Gasteiger partial charge is 0.490 e. The van der Waals surface area contributed by atoms with E-state index in [4.69, 9.17) is 16.3 Å². The summed E-state index contributed by atoms with van der Waals surface area (Å²) in [4.78, 5) is 11.6. The van der Waals surface area contributed by atoms with Gasteiger partial charge in [0.25, 0.3) is 0 Å². The van der Waals surface area contributed by atoms with Crippen molar-refractivity contribution in [3.63, 3.8) is 0 Å². The zero-order valence-corrected chi connectivity index (χ0v) is 12.1. The Kier molecular flexibility index (Phi) is 5.58. The number of para-hydroxylation sites is 1. The molecular formula is C16H15ClFNO2. The standard InChI is InChI=1S/C16H15ClFNO2/c17-13-7-5-12(6-8-13)11-19-16(20)9-10-21-15-4-2-1-3-14(15)18/h1-8H,9-11H2,(H,19,20). The van der Waals surface area contributed by atoms with Gasteiger partial charge in [-0.1, -0.05) is 35.9 Å². The number of rotatable bonds is 6. The molecule has 0 aliphatic rings. The van der Waals surface area contributed by atoms with E-state index in [2.05, 4.69) is 5.32 Å². The lowest BCUT2D eigenvalue weighted by Gasteiger charge is -2.08. The smallest absolute Gasteiger partial charge is 0.223 e. The van der Waals surface area contributed by atoms with E-state index in [1.165, 1.54) is 12.1 Å². The first-order valence-electron chi connectivity index (χ1n) is 6.53. The number of carbonyl (C=O) groups is 1. The minimum atomic E-state index is -0.431. The SMILES string of the molecule is O=C(CCOc1ccccc1F)NCc1ccc(Cl)cc1. The quantitative estimate of drug-likeness (QED) is 0.886. The predicted octanol–water partition coefficient (Wildman–Crippen LogP) is 3.56. The van der Waals surface area contributed by atoms with E-state index in [1.807, 2.05) is 12.1 Å². The molecule has 21 heavy (non-hydrogen) atoms. The lowest BCUT2D eigenvalue weighted by molar-refractivity contribution is -0.121. The van der Waals surface area contributed by atoms with Crippen LogP contribution in [-0.2, 0) is 11.3 Å². The Hall–Kier alpha value is -2.07. The first kappa shape index (κ1) is 15.3. The molecule has 3 nitrogen and oxygen atoms in total. The molecule has 0 saturated heterocycles. The summed E-state index contributed by atoms with van der Waals surface area (Å²) in [5.41, 5.74) is 0.961. The Labute approximate surface area is 127 Å². The fourth-order valence-corrected chi connectivity index (χ4v) is 1.83. The maximum Gasteiger partial charge on any atom is 0.223 e. The number of halogens is 2. The molecule has 0 aliphatic heterocycles. The molecular weight excluding hydrogens is 293 g/mol. The number of amides is 1. The van der Waals surface area contributed by atoms with Crippen molar-refractivity contribution in [1.29, 1.82) is 0 Å². The summed E-state index contributed by atoms with van der Waals surface area (Å²) >= 11 is 5.78. The van der Waals surface area contributed by atoms with Gasteiger partial charge >= 0.3 is 0 Å². The number of nitrogens with one attached hydrogen (secondary N) is 1. The van der Waals surface area contributed by atoms with Gasteiger partial charge in [0.1, 0.15) is 0 Å². The summed E-state index contributed by atoms with van der Waals surface area (Å²) in [6.45, 7) is 0.559. The van der Waals surface area contributed by atoms with Crippen molar-refractivity contribution in [3.8, 4) is 5.75 Å². The molecule has 5 heteroatoms. The molecule has 0 saturated carbocycles. The molecule has 2 rings (SSSR count). The second-order valence-electron chi connectivity index (χ2n) is 4.43. The third-order valence-corrected chi connectivity index (χ3v) is 3.08. The van der Waals surface area contributed by atoms with Gasteiger partial charge in [-0.2, -0.15) is 0 Å². The van der Waals surface area contributed by atoms with Crippen LogP contribution in [0.25, 0.3) is 0 Å². The lowest BCUT2D eigenvalue weighted by Crippen LogP contribution is -2.24. The highest BCUT2D eigenvalue weighted by atomic mass is 35.5. The Morgan fingerprint density at radius 1 is 1.14 bits per heavy atom. The Morgan fingerprint density at radius 3 is 2.57 bits per heavy atom. The average Bonchev–Trinajstić information content (AvgIpc) is 2.49. The molecule has 0 fully saturated rings. The molecule has 110 valence electrons. The second-order valence-corrected chi connectivity index (χ2v) is 4.87. The minimum absolute atomic E-state index is 0.132. The highest BCUT2D eigenvalue weighted by molar-refractivity contribution is 6.30. The van der Waals surface area contributed by atoms with Crippen molar-refractivity contribution in [3.05, 3.63) is 64.9 Å². The van der Waals surface area contributed by atoms with Crippen molar-refractivity contribution in [2.24, 2.45) is 0 Å². The fraction of sp³-hybridized carbons (Fsp3) is 0.188. The van der Waals surface area contributed by atoms with E-state index in [1.54, 1.807) is 24.3 Å². The van der Waals surface area contributed by atoms with E-state index in [0.717, 1.165) is 5.56 Å². The van der Waals surface area contributed by atoms with Crippen molar-refractivity contribution < 1.29 is 13.9 Å². The van der Waals surface area contributed by atoms with Gasteiger partial charge in [-0.05, 0) is 29.8 Å². The normalized spacial score (nSPS) is 10.2. The molecule has 0 unspecified atom stereocenters. The summed E-state index contributed by atoms with van der Waals surface area (Å²) in [7, 11) is 0. The molecule has 1 amide bonds. The first-order valence-corrected chi connectivity index (χ1v) is 6.91. The number of carbonyl (C=O) groups excluding carboxylic acids is 1. The van der Waals surface area contributed by atoms with Gasteiger partial charge in [0.05, 0.1) is 13.0 Å². The zero-order chi connectivity index (χ0) is 15.1. The van der Waals surface area contributed by atoms with E-state index in [0.29, 0.717) is 11.6 Å². The van der Waals surface area contributed by atoms with Crippen molar-refractivity contribution in [2.45, 2.75) is 13.0 Å². The summed E-state index contributed by atoms with van der Waals surface area (Å²) in [5.74, 6) is -0.427. The van der Waals surface area contributed by atoms with Crippen molar-refractivity contribution in [2.75, 3.05) is 6.61 Å². The molecule has 0 radical (unpaired) electrons. The van der Waals surface area contributed by atoms with E-state index < -0.39 is 5.82 Å². The minimum Gasteiger partial charge on any atom is -0.490 e. The van der Waals surface area contributed by atoms with Gasteiger partial charge < -0.3 is 10.1 Å². The molecule has 0 aliphatic carbocycles. The first-order chi connectivity index (χ1) is 10.1. The maximum absolute atomic E-state index is 13.3. The fourth-order valence-electron chi connectivity index (χ4n) is 1.71. The summed E-state index contributed by atoms with van der Waals surface area (Å²) in [6.07, 6.45) is 0.169. The van der Waals surface area contributed by atoms with Gasteiger partial charge in [0.2, 0.25) is 5.91 Å². The van der Waals surface area contributed by atoms with Crippen LogP contribution in [0.3, 0.4) is 0 Å². The van der Waals surface area contributed by atoms with Crippen LogP contribution in [0.15, 0.2) is 48.5 Å². The molecule has 1 N–H and O–H groups in total. The molecule has 0 atom stereocenters. The van der Waals surface area contributed by atoms with E-state index in [9.17, 15) is 9.18 Å². The third kappa shape index (κ3) is 5.08. The van der Waals surface area contributed by atoms with Gasteiger partial charge in [0.15, 0.2) is 11.6 Å². The van der Waals surface area contributed by atoms with Gasteiger partial charge in [0, 0.05) is 11.6 Å². The summed E-state index contributed by atoms with van der Waals surface area (Å²) < 4.78 is 18.5. The summed E-state index contributed by atoms with van der Waals surface area (Å²) in [6, 6.07) is 13.3. The molecule has 2 aromatic carbocycles. The maximum atomic E-state index is 13.3. The Balaban J connectivity index is 1.70. The van der Waals surface area contributed by atoms with Crippen molar-refractivity contribution >= 4 is 17.5 Å². The predicted molar refractivity (Wildman–Crippen MR) is 79.8 cm³/mol. The van der Waals surface area contributed by atoms with Crippen molar-refractivity contribution in [1.82, 2.24) is 5.32 Å². The zero-order valence-electron chi connectivity index (χ0n) is 11.3. The van der Waals surface area contributed by atoms with Crippen LogP contribution in [0.2, 0.25) is 5.02 Å². The van der Waals surface area contributed by atoms with E-state index >= 15 is 0 Å². The Morgan fingerprint density at radius 2 is 1.86 bits per heavy atom. The molecule has 0 bridgehead atoms. The topological polar surface area (TPSA) is 38.3 Å². The third-order valence-electron chi connectivity index (χ3n) is 2.83.